The standard InChI is InChI=1S/C30H28F3N7O7S/c31-30(32,33)47-22-5-3-4-21(18-22)46-20-10-8-19(9-11-20)39-28(29(34)41)27-26(36-39)24(12-13-35-27)37-14-16-38(17-15-37)48(44,45)25-7-2-1-6-23(25)40(42)43/h1-11,18,24,35H,12-17H2,(H2,34,41)/t24-/m0/s1. The Balaban J connectivity index is 1.20. The van der Waals surface area contributed by atoms with E-state index in [-0.39, 0.29) is 35.5 Å². The molecule has 14 nitrogen and oxygen atoms in total. The van der Waals surface area contributed by atoms with Crippen LogP contribution >= 0.6 is 0 Å². The molecule has 0 unspecified atom stereocenters. The average molecular weight is 688 g/mol. The fraction of sp³-hybridized carbons (Fsp3) is 0.267. The van der Waals surface area contributed by atoms with Crippen LogP contribution in [0.4, 0.5) is 24.5 Å². The van der Waals surface area contributed by atoms with Crippen molar-refractivity contribution in [3.63, 3.8) is 0 Å². The molecule has 6 rings (SSSR count). The first-order valence-corrected chi connectivity index (χ1v) is 16.0. The predicted octanol–water partition coefficient (Wildman–Crippen LogP) is 4.43. The summed E-state index contributed by atoms with van der Waals surface area (Å²) in [5, 5.41) is 19.4. The molecule has 0 radical (unpaired) electrons. The number of fused-ring (bicyclic) bond motifs is 1. The van der Waals surface area contributed by atoms with Crippen LogP contribution in [-0.2, 0) is 10.0 Å². The van der Waals surface area contributed by atoms with Gasteiger partial charge in [0.15, 0.2) is 10.6 Å². The summed E-state index contributed by atoms with van der Waals surface area (Å²) < 4.78 is 76.7. The number of sulfonamides is 1. The highest BCUT2D eigenvalue weighted by Gasteiger charge is 2.38. The molecule has 4 aromatic rings. The number of carbonyl (C=O) groups excluding carboxylic acids is 1. The number of piperazine rings is 1. The molecule has 18 heteroatoms. The summed E-state index contributed by atoms with van der Waals surface area (Å²) in [5.41, 5.74) is 6.88. The minimum Gasteiger partial charge on any atom is -0.457 e. The lowest BCUT2D eigenvalue weighted by Gasteiger charge is -2.39. The van der Waals surface area contributed by atoms with Gasteiger partial charge in [-0.05, 0) is 48.9 Å². The number of nitrogens with one attached hydrogen (secondary N) is 1. The molecule has 3 heterocycles. The van der Waals surface area contributed by atoms with Crippen LogP contribution in [0.15, 0.2) is 77.7 Å². The van der Waals surface area contributed by atoms with Gasteiger partial charge < -0.3 is 20.5 Å². The Morgan fingerprint density at radius 2 is 1.67 bits per heavy atom. The van der Waals surface area contributed by atoms with E-state index in [9.17, 15) is 36.5 Å². The largest absolute Gasteiger partial charge is 0.573 e. The highest BCUT2D eigenvalue weighted by atomic mass is 32.2. The van der Waals surface area contributed by atoms with Gasteiger partial charge in [0.2, 0.25) is 10.0 Å². The van der Waals surface area contributed by atoms with E-state index in [2.05, 4.69) is 15.0 Å². The SMILES string of the molecule is NC(=O)c1c2c(nn1-c1ccc(Oc3cccc(OC(F)(F)F)c3)cc1)[C@@H](N1CCN(S(=O)(=O)c3ccccc3[N+](=O)[O-])CC1)CCN2. The molecule has 2 aliphatic heterocycles. The molecule has 0 saturated carbocycles. The van der Waals surface area contributed by atoms with Crippen molar-refractivity contribution in [3.05, 3.63) is 94.3 Å². The first-order chi connectivity index (χ1) is 22.8. The van der Waals surface area contributed by atoms with Crippen LogP contribution in [0.25, 0.3) is 5.69 Å². The molecule has 1 saturated heterocycles. The van der Waals surface area contributed by atoms with E-state index >= 15 is 0 Å². The average Bonchev–Trinajstić information content (AvgIpc) is 3.45. The summed E-state index contributed by atoms with van der Waals surface area (Å²) in [6.07, 6.45) is -4.25. The summed E-state index contributed by atoms with van der Waals surface area (Å²) in [7, 11) is -4.13. The van der Waals surface area contributed by atoms with Crippen LogP contribution in [0.1, 0.15) is 28.6 Å². The highest BCUT2D eigenvalue weighted by molar-refractivity contribution is 7.89. The molecule has 252 valence electrons. The van der Waals surface area contributed by atoms with Gasteiger partial charge in [0.1, 0.15) is 22.9 Å². The maximum atomic E-state index is 13.3. The van der Waals surface area contributed by atoms with Crippen molar-refractivity contribution in [1.29, 1.82) is 0 Å². The van der Waals surface area contributed by atoms with Crippen molar-refractivity contribution >= 4 is 27.3 Å². The molecule has 1 atom stereocenters. The van der Waals surface area contributed by atoms with Crippen LogP contribution in [0.5, 0.6) is 17.2 Å². The number of hydrogen-bond acceptors (Lipinski definition) is 10. The monoisotopic (exact) mass is 687 g/mol. The van der Waals surface area contributed by atoms with Gasteiger partial charge in [0.25, 0.3) is 11.6 Å². The van der Waals surface area contributed by atoms with Gasteiger partial charge in [-0.2, -0.15) is 9.40 Å². The Kier molecular flexibility index (Phi) is 8.71. The summed E-state index contributed by atoms with van der Waals surface area (Å²) in [6.45, 7) is 1.28. The Labute approximate surface area is 271 Å². The Hall–Kier alpha value is -5.20. The van der Waals surface area contributed by atoms with Crippen LogP contribution in [0.2, 0.25) is 0 Å². The highest BCUT2D eigenvalue weighted by Crippen LogP contribution is 2.38. The lowest BCUT2D eigenvalue weighted by atomic mass is 10.0. The Morgan fingerprint density at radius 1 is 0.979 bits per heavy atom. The van der Waals surface area contributed by atoms with Gasteiger partial charge in [0.05, 0.1) is 22.3 Å². The number of rotatable bonds is 9. The third kappa shape index (κ3) is 6.62. The van der Waals surface area contributed by atoms with Gasteiger partial charge in [-0.3, -0.25) is 19.8 Å². The van der Waals surface area contributed by atoms with Gasteiger partial charge in [0, 0.05) is 44.9 Å². The maximum absolute atomic E-state index is 13.3. The lowest BCUT2D eigenvalue weighted by Crippen LogP contribution is -2.50. The number of nitro benzene ring substituents is 1. The summed E-state index contributed by atoms with van der Waals surface area (Å²) >= 11 is 0. The molecular weight excluding hydrogens is 659 g/mol. The predicted molar refractivity (Wildman–Crippen MR) is 165 cm³/mol. The van der Waals surface area contributed by atoms with Crippen molar-refractivity contribution in [1.82, 2.24) is 19.0 Å². The van der Waals surface area contributed by atoms with E-state index < -0.39 is 38.7 Å². The molecule has 0 bridgehead atoms. The minimum atomic E-state index is -4.85. The molecule has 1 fully saturated rings. The van der Waals surface area contributed by atoms with E-state index in [1.165, 1.54) is 39.3 Å². The van der Waals surface area contributed by atoms with Crippen LogP contribution in [0, 0.1) is 10.1 Å². The molecular formula is C30H28F3N7O7S. The number of carbonyl (C=O) groups is 1. The Morgan fingerprint density at radius 3 is 2.33 bits per heavy atom. The van der Waals surface area contributed by atoms with Crippen molar-refractivity contribution in [2.75, 3.05) is 38.0 Å². The Bertz CT molecular complexity index is 1960. The number of nitrogens with two attached hydrogens (primary N) is 1. The second-order valence-electron chi connectivity index (χ2n) is 10.9. The smallest absolute Gasteiger partial charge is 0.457 e. The molecule has 3 aromatic carbocycles. The number of benzene rings is 3. The number of halogens is 3. The minimum absolute atomic E-state index is 0.0870. The zero-order valence-electron chi connectivity index (χ0n) is 25.0. The second-order valence-corrected chi connectivity index (χ2v) is 12.8. The zero-order valence-corrected chi connectivity index (χ0v) is 25.8. The van der Waals surface area contributed by atoms with Crippen molar-refractivity contribution < 1.29 is 40.8 Å². The maximum Gasteiger partial charge on any atom is 0.573 e. The molecule has 1 aromatic heterocycles. The van der Waals surface area contributed by atoms with Crippen molar-refractivity contribution in [2.45, 2.75) is 23.7 Å². The number of primary amides is 1. The quantitative estimate of drug-likeness (QED) is 0.189. The topological polar surface area (TPSA) is 175 Å². The van der Waals surface area contributed by atoms with Crippen LogP contribution < -0.4 is 20.5 Å². The van der Waals surface area contributed by atoms with E-state index in [4.69, 9.17) is 15.6 Å². The van der Waals surface area contributed by atoms with Gasteiger partial charge in [-0.25, -0.2) is 13.1 Å². The van der Waals surface area contributed by atoms with Gasteiger partial charge >= 0.3 is 6.36 Å². The molecule has 1 amide bonds. The summed E-state index contributed by atoms with van der Waals surface area (Å²) in [6, 6.07) is 16.3. The zero-order chi connectivity index (χ0) is 34.2. The summed E-state index contributed by atoms with van der Waals surface area (Å²) in [5.74, 6) is -0.766. The number of alkyl halides is 3. The number of aromatic nitrogens is 2. The van der Waals surface area contributed by atoms with E-state index in [0.29, 0.717) is 48.9 Å². The lowest BCUT2D eigenvalue weighted by molar-refractivity contribution is -0.387. The van der Waals surface area contributed by atoms with Crippen LogP contribution in [-0.4, -0.2) is 77.3 Å². The number of amides is 1. The van der Waals surface area contributed by atoms with Crippen molar-refractivity contribution in [3.8, 4) is 22.9 Å². The normalized spacial score (nSPS) is 17.3. The van der Waals surface area contributed by atoms with E-state index in [0.717, 1.165) is 18.2 Å². The first-order valence-electron chi connectivity index (χ1n) is 14.6. The van der Waals surface area contributed by atoms with Crippen molar-refractivity contribution in [2.24, 2.45) is 5.73 Å². The first kappa shape index (κ1) is 32.7. The number of para-hydroxylation sites is 1. The van der Waals surface area contributed by atoms with Gasteiger partial charge in [-0.1, -0.05) is 18.2 Å². The molecule has 48 heavy (non-hydrogen) atoms. The number of anilines is 1. The van der Waals surface area contributed by atoms with E-state index in [1.54, 1.807) is 24.3 Å². The molecule has 2 aliphatic rings. The van der Waals surface area contributed by atoms with Gasteiger partial charge in [-0.15, -0.1) is 13.2 Å². The molecule has 3 N–H and O–H groups in total. The second kappa shape index (κ2) is 12.8. The van der Waals surface area contributed by atoms with Crippen LogP contribution in [0.3, 0.4) is 0 Å². The third-order valence-electron chi connectivity index (χ3n) is 7.93. The fourth-order valence-corrected chi connectivity index (χ4v) is 7.41. The number of hydrogen-bond donors (Lipinski definition) is 2. The van der Waals surface area contributed by atoms with E-state index in [1.807, 2.05) is 0 Å². The number of ether oxygens (including phenoxy) is 2. The molecule has 0 spiro atoms. The number of nitrogens with zero attached hydrogens (tertiary/aromatic N) is 5. The fourth-order valence-electron chi connectivity index (χ4n) is 5.83. The third-order valence-corrected chi connectivity index (χ3v) is 9.88. The number of nitro groups is 1. The molecule has 0 aliphatic carbocycles. The summed E-state index contributed by atoms with van der Waals surface area (Å²) in [4.78, 5) is 25.1.